The maximum Gasteiger partial charge on any atom is 0.416 e. The van der Waals surface area contributed by atoms with Crippen molar-refractivity contribution in [2.45, 2.75) is 66.4 Å². The summed E-state index contributed by atoms with van der Waals surface area (Å²) in [4.78, 5) is 7.02. The number of halogens is 3. The summed E-state index contributed by atoms with van der Waals surface area (Å²) in [5, 5.41) is 5.85. The average molecular weight is 601 g/mol. The summed E-state index contributed by atoms with van der Waals surface area (Å²) in [6.45, 7) is 17.7. The van der Waals surface area contributed by atoms with Crippen LogP contribution >= 0.6 is 22.7 Å². The van der Waals surface area contributed by atoms with Crippen molar-refractivity contribution in [1.82, 2.24) is 4.98 Å². The molecule has 9 heteroatoms. The Kier molecular flexibility index (Phi) is 9.19. The zero-order chi connectivity index (χ0) is 29.9. The highest BCUT2D eigenvalue weighted by Crippen LogP contribution is 2.38. The van der Waals surface area contributed by atoms with E-state index in [0.717, 1.165) is 45.3 Å². The van der Waals surface area contributed by atoms with Crippen molar-refractivity contribution in [2.24, 2.45) is 0 Å². The number of benzene rings is 2. The van der Waals surface area contributed by atoms with E-state index in [9.17, 15) is 13.2 Å². The lowest BCUT2D eigenvalue weighted by atomic mass is 10.0. The summed E-state index contributed by atoms with van der Waals surface area (Å²) in [6, 6.07) is 11.6. The molecule has 2 heterocycles. The molecule has 0 unspecified atom stereocenters. The van der Waals surface area contributed by atoms with Crippen molar-refractivity contribution in [3.8, 4) is 16.3 Å². The maximum absolute atomic E-state index is 13.1. The molecule has 218 valence electrons. The van der Waals surface area contributed by atoms with E-state index in [1.807, 2.05) is 41.5 Å². The number of aryl methyl sites for hydroxylation is 3. The van der Waals surface area contributed by atoms with Crippen LogP contribution in [0.4, 0.5) is 18.2 Å². The molecule has 2 aromatic heterocycles. The quantitative estimate of drug-likeness (QED) is 0.161. The van der Waals surface area contributed by atoms with Gasteiger partial charge in [0.15, 0.2) is 5.60 Å². The Hall–Kier alpha value is -3.30. The van der Waals surface area contributed by atoms with E-state index >= 15 is 0 Å². The molecule has 0 N–H and O–H groups in total. The molecular weight excluding hydrogens is 565 g/mol. The summed E-state index contributed by atoms with van der Waals surface area (Å²) < 4.78 is 51.2. The summed E-state index contributed by atoms with van der Waals surface area (Å²) >= 11 is 3.14. The first kappa shape index (κ1) is 30.7. The van der Waals surface area contributed by atoms with Gasteiger partial charge in [-0.05, 0) is 92.8 Å². The molecule has 2 aromatic carbocycles. The van der Waals surface area contributed by atoms with Crippen LogP contribution in [0.25, 0.3) is 10.6 Å². The number of hydrogen-bond donors (Lipinski definition) is 0. The Morgan fingerprint density at radius 3 is 2.17 bits per heavy atom. The third-order valence-corrected chi connectivity index (χ3v) is 8.71. The summed E-state index contributed by atoms with van der Waals surface area (Å²) in [7, 11) is 0. The minimum atomic E-state index is -4.37. The van der Waals surface area contributed by atoms with E-state index in [4.69, 9.17) is 14.5 Å². The van der Waals surface area contributed by atoms with Crippen LogP contribution < -0.4 is 9.64 Å². The number of anilines is 1. The minimum Gasteiger partial charge on any atom is -0.495 e. The fourth-order valence-electron chi connectivity index (χ4n) is 4.58. The Bertz CT molecular complexity index is 1470. The number of alkyl halides is 3. The van der Waals surface area contributed by atoms with Gasteiger partial charge in [-0.3, -0.25) is 0 Å². The Morgan fingerprint density at radius 2 is 1.61 bits per heavy atom. The molecule has 0 saturated heterocycles. The number of rotatable bonds is 11. The summed E-state index contributed by atoms with van der Waals surface area (Å²) in [5.74, 6) is 1.39. The molecule has 0 aliphatic rings. The molecule has 0 radical (unpaired) electrons. The summed E-state index contributed by atoms with van der Waals surface area (Å²) in [5.41, 5.74) is 4.47. The van der Waals surface area contributed by atoms with Crippen LogP contribution in [-0.4, -0.2) is 17.2 Å². The lowest BCUT2D eigenvalue weighted by molar-refractivity contribution is -0.137. The molecule has 0 aliphatic heterocycles. The standard InChI is InChI=1S/C32H35F3N2O2S2/c1-8-38-23(5)31(6,7)39-28-20(2)15-25(16-21(28)3)18-37(17-24-13-14-40-19-24)30-22(4)36-29(41-30)26-9-11-27(12-10-26)32(33,34)35/h9-16,19H,5,8,17-18H2,1-4,6-7H3. The third-order valence-electron chi connectivity index (χ3n) is 6.71. The van der Waals surface area contributed by atoms with Crippen LogP contribution in [0.2, 0.25) is 0 Å². The fourth-order valence-corrected chi connectivity index (χ4v) is 6.31. The van der Waals surface area contributed by atoms with Gasteiger partial charge in [0, 0.05) is 18.7 Å². The largest absolute Gasteiger partial charge is 0.495 e. The number of thiazole rings is 1. The number of hydrogen-bond acceptors (Lipinski definition) is 6. The number of aromatic nitrogens is 1. The molecule has 0 spiro atoms. The van der Waals surface area contributed by atoms with E-state index < -0.39 is 17.3 Å². The highest BCUT2D eigenvalue weighted by atomic mass is 32.1. The Labute approximate surface area is 248 Å². The number of ether oxygens (including phenoxy) is 2. The SMILES string of the molecule is C=C(OCC)C(C)(C)Oc1c(C)cc(CN(Cc2ccsc2)c2sc(-c3ccc(C(F)(F)F)cc3)nc2C)cc1C. The van der Waals surface area contributed by atoms with Gasteiger partial charge in [0.25, 0.3) is 0 Å². The lowest BCUT2D eigenvalue weighted by Gasteiger charge is -2.30. The second kappa shape index (κ2) is 12.3. The molecule has 0 fully saturated rings. The van der Waals surface area contributed by atoms with Crippen molar-refractivity contribution in [1.29, 1.82) is 0 Å². The first-order valence-electron chi connectivity index (χ1n) is 13.3. The van der Waals surface area contributed by atoms with Gasteiger partial charge >= 0.3 is 6.18 Å². The number of nitrogens with zero attached hydrogens (tertiary/aromatic N) is 2. The van der Waals surface area contributed by atoms with Crippen molar-refractivity contribution in [3.63, 3.8) is 0 Å². The topological polar surface area (TPSA) is 34.6 Å². The van der Waals surface area contributed by atoms with Crippen molar-refractivity contribution < 1.29 is 22.6 Å². The van der Waals surface area contributed by atoms with E-state index in [-0.39, 0.29) is 0 Å². The van der Waals surface area contributed by atoms with Crippen LogP contribution in [0, 0.1) is 20.8 Å². The van der Waals surface area contributed by atoms with Gasteiger partial charge in [-0.15, -0.1) is 0 Å². The van der Waals surface area contributed by atoms with Gasteiger partial charge in [0.2, 0.25) is 0 Å². The predicted octanol–water partition coefficient (Wildman–Crippen LogP) is 9.73. The molecule has 0 amide bonds. The van der Waals surface area contributed by atoms with E-state index in [1.165, 1.54) is 29.0 Å². The van der Waals surface area contributed by atoms with Crippen molar-refractivity contribution >= 4 is 27.7 Å². The van der Waals surface area contributed by atoms with Crippen LogP contribution in [0.1, 0.15) is 54.3 Å². The van der Waals surface area contributed by atoms with Crippen LogP contribution in [-0.2, 0) is 24.0 Å². The zero-order valence-corrected chi connectivity index (χ0v) is 25.8. The highest BCUT2D eigenvalue weighted by molar-refractivity contribution is 7.19. The Balaban J connectivity index is 1.64. The van der Waals surface area contributed by atoms with Gasteiger partial charge in [-0.1, -0.05) is 42.2 Å². The molecule has 4 aromatic rings. The first-order chi connectivity index (χ1) is 19.3. The first-order valence-corrected chi connectivity index (χ1v) is 15.1. The second-order valence-corrected chi connectivity index (χ2v) is 12.3. The average Bonchev–Trinajstić information content (AvgIpc) is 3.55. The molecule has 0 bridgehead atoms. The zero-order valence-electron chi connectivity index (χ0n) is 24.2. The van der Waals surface area contributed by atoms with E-state index in [0.29, 0.717) is 36.0 Å². The molecule has 4 rings (SSSR count). The molecule has 0 atom stereocenters. The second-order valence-electron chi connectivity index (χ2n) is 10.5. The van der Waals surface area contributed by atoms with Gasteiger partial charge in [0.1, 0.15) is 21.5 Å². The van der Waals surface area contributed by atoms with Crippen LogP contribution in [0.15, 0.2) is 65.6 Å². The van der Waals surface area contributed by atoms with Crippen LogP contribution in [0.5, 0.6) is 5.75 Å². The van der Waals surface area contributed by atoms with Crippen molar-refractivity contribution in [2.75, 3.05) is 11.5 Å². The molecular formula is C32H35F3N2O2S2. The smallest absolute Gasteiger partial charge is 0.416 e. The molecule has 4 nitrogen and oxygen atoms in total. The summed E-state index contributed by atoms with van der Waals surface area (Å²) in [6.07, 6.45) is -4.37. The van der Waals surface area contributed by atoms with Gasteiger partial charge < -0.3 is 14.4 Å². The van der Waals surface area contributed by atoms with Crippen molar-refractivity contribution in [3.05, 3.63) is 99.1 Å². The fraction of sp³-hybridized carbons (Fsp3) is 0.344. The lowest BCUT2D eigenvalue weighted by Crippen LogP contribution is -2.32. The molecule has 0 saturated carbocycles. The van der Waals surface area contributed by atoms with Gasteiger partial charge in [-0.25, -0.2) is 4.98 Å². The van der Waals surface area contributed by atoms with E-state index in [2.05, 4.69) is 40.4 Å². The molecule has 41 heavy (non-hydrogen) atoms. The minimum absolute atomic E-state index is 0.528. The van der Waals surface area contributed by atoms with E-state index in [1.54, 1.807) is 11.3 Å². The van der Waals surface area contributed by atoms with Gasteiger partial charge in [0.05, 0.1) is 17.9 Å². The van der Waals surface area contributed by atoms with Gasteiger partial charge in [-0.2, -0.15) is 24.5 Å². The highest BCUT2D eigenvalue weighted by Gasteiger charge is 2.30. The predicted molar refractivity (Wildman–Crippen MR) is 163 cm³/mol. The normalized spacial score (nSPS) is 11.9. The maximum atomic E-state index is 13.1. The third kappa shape index (κ3) is 7.32. The number of thiophene rings is 1. The molecule has 0 aliphatic carbocycles. The Morgan fingerprint density at radius 1 is 0.976 bits per heavy atom. The van der Waals surface area contributed by atoms with Crippen LogP contribution in [0.3, 0.4) is 0 Å². The monoisotopic (exact) mass is 600 g/mol.